The number of carbonyl (C=O) groups excluding carboxylic acids is 1. The quantitative estimate of drug-likeness (QED) is 0.852. The molecule has 1 aliphatic rings. The van der Waals surface area contributed by atoms with Crippen LogP contribution in [0.4, 0.5) is 0 Å². The molecule has 1 aromatic carbocycles. The number of nitriles is 1. The summed E-state index contributed by atoms with van der Waals surface area (Å²) >= 11 is 0. The van der Waals surface area contributed by atoms with Crippen LogP contribution in [-0.2, 0) is 9.53 Å². The van der Waals surface area contributed by atoms with Gasteiger partial charge in [-0.15, -0.1) is 0 Å². The highest BCUT2D eigenvalue weighted by Gasteiger charge is 2.41. The summed E-state index contributed by atoms with van der Waals surface area (Å²) in [5.41, 5.74) is 0.453. The zero-order valence-corrected chi connectivity index (χ0v) is 15.0. The Morgan fingerprint density at radius 1 is 1.35 bits per heavy atom. The molecule has 26 heavy (non-hydrogen) atoms. The number of methoxy groups -OCH3 is 2. The highest BCUT2D eigenvalue weighted by Crippen LogP contribution is 2.31. The molecule has 1 N–H and O–H groups in total. The third kappa shape index (κ3) is 3.16. The monoisotopic (exact) mass is 355 g/mol. The molecule has 3 atom stereocenters. The largest absolute Gasteiger partial charge is 0.495 e. The van der Waals surface area contributed by atoms with Gasteiger partial charge in [0, 0.05) is 24.6 Å². The first kappa shape index (κ1) is 18.0. The van der Waals surface area contributed by atoms with Gasteiger partial charge in [0.15, 0.2) is 0 Å². The smallest absolute Gasteiger partial charge is 0.249 e. The Morgan fingerprint density at radius 3 is 2.81 bits per heavy atom. The maximum Gasteiger partial charge on any atom is 0.249 e. The summed E-state index contributed by atoms with van der Waals surface area (Å²) in [5, 5.41) is 13.7. The number of rotatable bonds is 6. The van der Waals surface area contributed by atoms with Crippen LogP contribution in [0.15, 0.2) is 24.4 Å². The van der Waals surface area contributed by atoms with Crippen molar-refractivity contribution in [1.82, 2.24) is 10.3 Å². The molecule has 0 bridgehead atoms. The molecule has 0 saturated carbocycles. The number of benzene rings is 1. The first-order valence-electron chi connectivity index (χ1n) is 8.45. The van der Waals surface area contributed by atoms with Gasteiger partial charge in [-0.2, -0.15) is 5.26 Å². The summed E-state index contributed by atoms with van der Waals surface area (Å²) in [4.78, 5) is 16.3. The summed E-state index contributed by atoms with van der Waals surface area (Å²) in [6, 6.07) is 7.28. The van der Waals surface area contributed by atoms with Crippen LogP contribution in [0, 0.1) is 17.2 Å². The van der Waals surface area contributed by atoms with Crippen LogP contribution in [0.3, 0.4) is 0 Å². The molecule has 1 fully saturated rings. The summed E-state index contributed by atoms with van der Waals surface area (Å²) in [6.07, 6.45) is 1.98. The fourth-order valence-corrected chi connectivity index (χ4v) is 3.44. The Balaban J connectivity index is 1.85. The predicted molar refractivity (Wildman–Crippen MR) is 95.0 cm³/mol. The van der Waals surface area contributed by atoms with E-state index in [0.717, 1.165) is 17.2 Å². The normalized spacial score (nSPS) is 22.1. The van der Waals surface area contributed by atoms with Crippen molar-refractivity contribution in [3.63, 3.8) is 0 Å². The van der Waals surface area contributed by atoms with Crippen molar-refractivity contribution < 1.29 is 19.0 Å². The molecule has 0 spiro atoms. The molecule has 1 saturated heterocycles. The number of amides is 1. The Kier molecular flexibility index (Phi) is 5.24. The van der Waals surface area contributed by atoms with Gasteiger partial charge in [0.1, 0.15) is 24.5 Å². The minimum Gasteiger partial charge on any atom is -0.495 e. The van der Waals surface area contributed by atoms with Crippen LogP contribution in [0.25, 0.3) is 10.8 Å². The third-order valence-corrected chi connectivity index (χ3v) is 4.79. The number of hydrogen-bond acceptors (Lipinski definition) is 6. The number of pyridine rings is 1. The lowest BCUT2D eigenvalue weighted by molar-refractivity contribution is -0.128. The van der Waals surface area contributed by atoms with Crippen molar-refractivity contribution in [2.75, 3.05) is 20.8 Å². The molecular formula is C19H21N3O4. The first-order valence-corrected chi connectivity index (χ1v) is 8.45. The average molecular weight is 355 g/mol. The van der Waals surface area contributed by atoms with Gasteiger partial charge < -0.3 is 19.5 Å². The van der Waals surface area contributed by atoms with Crippen molar-refractivity contribution >= 4 is 16.7 Å². The molecule has 7 nitrogen and oxygen atoms in total. The van der Waals surface area contributed by atoms with E-state index in [1.807, 2.05) is 13.0 Å². The number of fused-ring (bicyclic) bond motifs is 1. The van der Waals surface area contributed by atoms with Crippen LogP contribution in [-0.4, -0.2) is 43.9 Å². The van der Waals surface area contributed by atoms with E-state index in [-0.39, 0.29) is 17.9 Å². The lowest BCUT2D eigenvalue weighted by atomic mass is 9.96. The highest BCUT2D eigenvalue weighted by molar-refractivity contribution is 5.89. The molecule has 0 radical (unpaired) electrons. The predicted octanol–water partition coefficient (Wildman–Crippen LogP) is 2.03. The van der Waals surface area contributed by atoms with Gasteiger partial charge in [0.2, 0.25) is 11.8 Å². The molecule has 2 heterocycles. The lowest BCUT2D eigenvalue weighted by Gasteiger charge is -2.20. The fraction of sp³-hybridized carbons (Fsp3) is 0.421. The lowest BCUT2D eigenvalue weighted by Crippen LogP contribution is -2.35. The van der Waals surface area contributed by atoms with Crippen LogP contribution < -0.4 is 14.8 Å². The van der Waals surface area contributed by atoms with E-state index in [9.17, 15) is 10.1 Å². The molecule has 1 amide bonds. The van der Waals surface area contributed by atoms with Crippen LogP contribution in [0.5, 0.6) is 11.6 Å². The summed E-state index contributed by atoms with van der Waals surface area (Å²) in [6.45, 7) is 2.31. The zero-order valence-electron chi connectivity index (χ0n) is 15.0. The van der Waals surface area contributed by atoms with Gasteiger partial charge in [-0.25, -0.2) is 4.98 Å². The topological polar surface area (TPSA) is 93.5 Å². The molecule has 7 heteroatoms. The number of carbonyl (C=O) groups is 1. The minimum atomic E-state index is -0.452. The SMILES string of the molecule is CC[C@H]1[C@@H](COc2nccc3cc(C#N)c(OC)cc23)NC(=O)[C@@H]1OC. The van der Waals surface area contributed by atoms with Crippen molar-refractivity contribution in [3.8, 4) is 17.7 Å². The van der Waals surface area contributed by atoms with Crippen molar-refractivity contribution in [2.24, 2.45) is 5.92 Å². The summed E-state index contributed by atoms with van der Waals surface area (Å²) in [7, 11) is 3.06. The number of ether oxygens (including phenoxy) is 3. The molecule has 3 rings (SSSR count). The zero-order chi connectivity index (χ0) is 18.7. The fourth-order valence-electron chi connectivity index (χ4n) is 3.44. The Labute approximate surface area is 151 Å². The molecular weight excluding hydrogens is 334 g/mol. The van der Waals surface area contributed by atoms with Crippen LogP contribution >= 0.6 is 0 Å². The van der Waals surface area contributed by atoms with Crippen LogP contribution in [0.1, 0.15) is 18.9 Å². The molecule has 136 valence electrons. The summed E-state index contributed by atoms with van der Waals surface area (Å²) in [5.74, 6) is 0.842. The standard InChI is InChI=1S/C19H21N3O4/c1-4-13-15(22-18(23)17(13)25-3)10-26-19-14-8-16(24-2)12(9-20)7-11(14)5-6-21-19/h5-8,13,15,17H,4,10H2,1-3H3,(H,22,23)/t13-,15+,17+/m0/s1. The first-order chi connectivity index (χ1) is 12.6. The number of nitrogens with one attached hydrogen (secondary N) is 1. The highest BCUT2D eigenvalue weighted by atomic mass is 16.5. The van der Waals surface area contributed by atoms with Crippen molar-refractivity contribution in [2.45, 2.75) is 25.5 Å². The van der Waals surface area contributed by atoms with Crippen LogP contribution in [0.2, 0.25) is 0 Å². The van der Waals surface area contributed by atoms with E-state index in [4.69, 9.17) is 14.2 Å². The molecule has 2 aromatic rings. The molecule has 0 aliphatic carbocycles. The summed E-state index contributed by atoms with van der Waals surface area (Å²) < 4.78 is 16.5. The third-order valence-electron chi connectivity index (χ3n) is 4.79. The molecule has 1 aromatic heterocycles. The van der Waals surface area contributed by atoms with Gasteiger partial charge in [-0.3, -0.25) is 4.79 Å². The van der Waals surface area contributed by atoms with Gasteiger partial charge in [-0.1, -0.05) is 6.92 Å². The van der Waals surface area contributed by atoms with E-state index in [2.05, 4.69) is 16.4 Å². The van der Waals surface area contributed by atoms with Gasteiger partial charge in [-0.05, 0) is 30.0 Å². The Morgan fingerprint density at radius 2 is 2.15 bits per heavy atom. The van der Waals surface area contributed by atoms with E-state index in [1.165, 1.54) is 7.11 Å². The van der Waals surface area contributed by atoms with E-state index >= 15 is 0 Å². The number of hydrogen-bond donors (Lipinski definition) is 1. The second-order valence-electron chi connectivity index (χ2n) is 6.16. The van der Waals surface area contributed by atoms with Gasteiger partial charge in [0.05, 0.1) is 18.7 Å². The second-order valence-corrected chi connectivity index (χ2v) is 6.16. The number of aromatic nitrogens is 1. The Hall–Kier alpha value is -2.85. The molecule has 1 aliphatic heterocycles. The van der Waals surface area contributed by atoms with Crippen molar-refractivity contribution in [1.29, 1.82) is 5.26 Å². The average Bonchev–Trinajstić information content (AvgIpc) is 2.99. The second kappa shape index (κ2) is 7.58. The van der Waals surface area contributed by atoms with E-state index in [1.54, 1.807) is 25.4 Å². The minimum absolute atomic E-state index is 0.0437. The maximum absolute atomic E-state index is 12.0. The Bertz CT molecular complexity index is 862. The molecule has 0 unspecified atom stereocenters. The van der Waals surface area contributed by atoms with Crippen molar-refractivity contribution in [3.05, 3.63) is 30.0 Å². The van der Waals surface area contributed by atoms with Gasteiger partial charge in [0.25, 0.3) is 0 Å². The maximum atomic E-state index is 12.0. The number of nitrogens with zero attached hydrogens (tertiary/aromatic N) is 2. The van der Waals surface area contributed by atoms with E-state index < -0.39 is 6.10 Å². The van der Waals surface area contributed by atoms with Gasteiger partial charge >= 0.3 is 0 Å². The van der Waals surface area contributed by atoms with E-state index in [0.29, 0.717) is 23.8 Å².